The molecule has 6 heteroatoms. The lowest BCUT2D eigenvalue weighted by Crippen LogP contribution is -2.47. The largest absolute Gasteiger partial charge is 0.508 e. The highest BCUT2D eigenvalue weighted by molar-refractivity contribution is 5.49. The van der Waals surface area contributed by atoms with Crippen LogP contribution < -0.4 is 4.90 Å². The highest BCUT2D eigenvalue weighted by Crippen LogP contribution is 2.24. The van der Waals surface area contributed by atoms with Crippen LogP contribution in [0.4, 0.5) is 5.69 Å². The Morgan fingerprint density at radius 1 is 1.04 bits per heavy atom. The summed E-state index contributed by atoms with van der Waals surface area (Å²) in [6.45, 7) is 10.2. The van der Waals surface area contributed by atoms with Crippen molar-refractivity contribution in [3.63, 3.8) is 0 Å². The Kier molecular flexibility index (Phi) is 5.04. The molecule has 1 N–H and O–H groups in total. The summed E-state index contributed by atoms with van der Waals surface area (Å²) in [6.07, 6.45) is 0.828. The van der Waals surface area contributed by atoms with Gasteiger partial charge in [0, 0.05) is 38.3 Å². The van der Waals surface area contributed by atoms with E-state index in [0.29, 0.717) is 17.6 Å². The van der Waals surface area contributed by atoms with E-state index in [1.165, 1.54) is 0 Å². The second-order valence-corrected chi connectivity index (χ2v) is 6.85. The predicted octanol–water partition coefficient (Wildman–Crippen LogP) is 2.86. The third kappa shape index (κ3) is 3.87. The molecule has 130 valence electrons. The van der Waals surface area contributed by atoms with E-state index >= 15 is 0 Å². The minimum Gasteiger partial charge on any atom is -0.508 e. The van der Waals surface area contributed by atoms with Crippen molar-refractivity contribution in [1.29, 1.82) is 0 Å². The summed E-state index contributed by atoms with van der Waals surface area (Å²) < 4.78 is 5.83. The van der Waals surface area contributed by atoms with E-state index in [4.69, 9.17) is 4.42 Å². The lowest BCUT2D eigenvalue weighted by Gasteiger charge is -2.38. The van der Waals surface area contributed by atoms with Crippen LogP contribution in [0.2, 0.25) is 0 Å². The van der Waals surface area contributed by atoms with Gasteiger partial charge >= 0.3 is 0 Å². The third-order valence-electron chi connectivity index (χ3n) is 4.50. The van der Waals surface area contributed by atoms with Crippen molar-refractivity contribution in [3.8, 4) is 5.75 Å². The summed E-state index contributed by atoms with van der Waals surface area (Å²) in [5.41, 5.74) is 1.15. The fourth-order valence-corrected chi connectivity index (χ4v) is 3.05. The number of nitrogens with zero attached hydrogens (tertiary/aromatic N) is 4. The SMILES string of the molecule is CC(C)Cc1nnc(C(C)N2CCN(c3ccc(O)cc3)CC2)o1. The fourth-order valence-electron chi connectivity index (χ4n) is 3.05. The van der Waals surface area contributed by atoms with Crippen LogP contribution in [0.3, 0.4) is 0 Å². The molecule has 1 aromatic heterocycles. The van der Waals surface area contributed by atoms with Gasteiger partial charge in [-0.3, -0.25) is 4.90 Å². The number of hydrogen-bond donors (Lipinski definition) is 1. The Hall–Kier alpha value is -2.08. The molecule has 2 heterocycles. The standard InChI is InChI=1S/C18H26N4O2/c1-13(2)12-17-19-20-18(24-17)14(3)21-8-10-22(11-9-21)15-4-6-16(23)7-5-15/h4-7,13-14,23H,8-12H2,1-3H3. The summed E-state index contributed by atoms with van der Waals surface area (Å²) in [4.78, 5) is 4.71. The summed E-state index contributed by atoms with van der Waals surface area (Å²) in [6, 6.07) is 7.54. The smallest absolute Gasteiger partial charge is 0.233 e. The van der Waals surface area contributed by atoms with E-state index in [2.05, 4.69) is 40.8 Å². The van der Waals surface area contributed by atoms with E-state index in [0.717, 1.165) is 44.2 Å². The highest BCUT2D eigenvalue weighted by atomic mass is 16.4. The topological polar surface area (TPSA) is 65.6 Å². The normalized spacial score (nSPS) is 17.4. The van der Waals surface area contributed by atoms with Gasteiger partial charge in [0.15, 0.2) is 0 Å². The van der Waals surface area contributed by atoms with E-state index in [9.17, 15) is 5.11 Å². The van der Waals surface area contributed by atoms with Gasteiger partial charge in [-0.2, -0.15) is 0 Å². The number of aromatic nitrogens is 2. The van der Waals surface area contributed by atoms with Crippen LogP contribution in [0.5, 0.6) is 5.75 Å². The lowest BCUT2D eigenvalue weighted by molar-refractivity contribution is 0.171. The van der Waals surface area contributed by atoms with E-state index in [1.807, 2.05) is 12.1 Å². The molecule has 1 unspecified atom stereocenters. The van der Waals surface area contributed by atoms with Crippen LogP contribution in [0.15, 0.2) is 28.7 Å². The Balaban J connectivity index is 1.57. The maximum absolute atomic E-state index is 9.40. The van der Waals surface area contributed by atoms with Crippen molar-refractivity contribution in [2.75, 3.05) is 31.1 Å². The molecule has 0 amide bonds. The molecule has 1 fully saturated rings. The number of benzene rings is 1. The molecule has 0 spiro atoms. The zero-order valence-corrected chi connectivity index (χ0v) is 14.6. The second kappa shape index (κ2) is 7.21. The minimum absolute atomic E-state index is 0.139. The van der Waals surface area contributed by atoms with Gasteiger partial charge in [0.2, 0.25) is 11.8 Å². The van der Waals surface area contributed by atoms with Gasteiger partial charge in [0.05, 0.1) is 6.04 Å². The molecule has 2 aromatic rings. The quantitative estimate of drug-likeness (QED) is 0.909. The molecule has 24 heavy (non-hydrogen) atoms. The molecule has 1 saturated heterocycles. The number of anilines is 1. The molecule has 0 saturated carbocycles. The molecule has 0 bridgehead atoms. The first kappa shape index (κ1) is 16.8. The van der Waals surface area contributed by atoms with Gasteiger partial charge < -0.3 is 14.4 Å². The Labute approximate surface area is 143 Å². The maximum atomic E-state index is 9.40. The van der Waals surface area contributed by atoms with Crippen molar-refractivity contribution in [2.45, 2.75) is 33.2 Å². The molecular formula is C18H26N4O2. The molecule has 1 aliphatic rings. The van der Waals surface area contributed by atoms with Gasteiger partial charge in [-0.25, -0.2) is 0 Å². The molecule has 3 rings (SSSR count). The second-order valence-electron chi connectivity index (χ2n) is 6.85. The monoisotopic (exact) mass is 330 g/mol. The Morgan fingerprint density at radius 2 is 1.71 bits per heavy atom. The van der Waals surface area contributed by atoms with Crippen molar-refractivity contribution in [3.05, 3.63) is 36.0 Å². The van der Waals surface area contributed by atoms with E-state index in [1.54, 1.807) is 12.1 Å². The fraction of sp³-hybridized carbons (Fsp3) is 0.556. The molecule has 1 aliphatic heterocycles. The zero-order valence-electron chi connectivity index (χ0n) is 14.6. The molecule has 0 aliphatic carbocycles. The van der Waals surface area contributed by atoms with Crippen LogP contribution in [0.1, 0.15) is 38.6 Å². The van der Waals surface area contributed by atoms with Crippen LogP contribution >= 0.6 is 0 Å². The van der Waals surface area contributed by atoms with Gasteiger partial charge in [0.1, 0.15) is 5.75 Å². The number of phenols is 1. The maximum Gasteiger partial charge on any atom is 0.233 e. The first-order valence-electron chi connectivity index (χ1n) is 8.63. The average Bonchev–Trinajstić information content (AvgIpc) is 3.03. The van der Waals surface area contributed by atoms with Gasteiger partial charge in [-0.1, -0.05) is 13.8 Å². The average molecular weight is 330 g/mol. The Morgan fingerprint density at radius 3 is 2.33 bits per heavy atom. The number of rotatable bonds is 5. The van der Waals surface area contributed by atoms with Gasteiger partial charge in [0.25, 0.3) is 0 Å². The predicted molar refractivity (Wildman–Crippen MR) is 93.1 cm³/mol. The molecule has 1 atom stereocenters. The van der Waals surface area contributed by atoms with Gasteiger partial charge in [-0.05, 0) is 37.1 Å². The third-order valence-corrected chi connectivity index (χ3v) is 4.50. The van der Waals surface area contributed by atoms with Crippen LogP contribution in [0.25, 0.3) is 0 Å². The van der Waals surface area contributed by atoms with Crippen LogP contribution in [0, 0.1) is 5.92 Å². The first-order valence-corrected chi connectivity index (χ1v) is 8.63. The van der Waals surface area contributed by atoms with Crippen LogP contribution in [-0.4, -0.2) is 46.4 Å². The zero-order chi connectivity index (χ0) is 17.1. The van der Waals surface area contributed by atoms with E-state index < -0.39 is 0 Å². The molecule has 0 radical (unpaired) electrons. The van der Waals surface area contributed by atoms with Crippen molar-refractivity contribution in [1.82, 2.24) is 15.1 Å². The van der Waals surface area contributed by atoms with E-state index in [-0.39, 0.29) is 6.04 Å². The molecule has 6 nitrogen and oxygen atoms in total. The van der Waals surface area contributed by atoms with Crippen molar-refractivity contribution >= 4 is 5.69 Å². The Bertz CT molecular complexity index is 645. The first-order chi connectivity index (χ1) is 11.5. The lowest BCUT2D eigenvalue weighted by atomic mass is 10.1. The summed E-state index contributed by atoms with van der Waals surface area (Å²) in [5, 5.41) is 17.8. The van der Waals surface area contributed by atoms with Crippen molar-refractivity contribution in [2.24, 2.45) is 5.92 Å². The van der Waals surface area contributed by atoms with Gasteiger partial charge in [-0.15, -0.1) is 10.2 Å². The number of piperazine rings is 1. The summed E-state index contributed by atoms with van der Waals surface area (Å²) in [7, 11) is 0. The highest BCUT2D eigenvalue weighted by Gasteiger charge is 2.25. The number of aromatic hydroxyl groups is 1. The summed E-state index contributed by atoms with van der Waals surface area (Å²) >= 11 is 0. The molecule has 1 aromatic carbocycles. The minimum atomic E-state index is 0.139. The molecular weight excluding hydrogens is 304 g/mol. The summed E-state index contributed by atoms with van der Waals surface area (Å²) in [5.74, 6) is 2.26. The van der Waals surface area contributed by atoms with Crippen molar-refractivity contribution < 1.29 is 9.52 Å². The number of hydrogen-bond acceptors (Lipinski definition) is 6. The number of phenolic OH excluding ortho intramolecular Hbond substituents is 1. The van der Waals surface area contributed by atoms with Crippen LogP contribution in [-0.2, 0) is 6.42 Å².